The first-order valence-electron chi connectivity index (χ1n) is 5.70. The maximum absolute atomic E-state index is 11.7. The Labute approximate surface area is 95.0 Å². The van der Waals surface area contributed by atoms with E-state index in [0.29, 0.717) is 13.0 Å². The molecule has 1 N–H and O–H groups in total. The van der Waals surface area contributed by atoms with Crippen molar-refractivity contribution in [2.75, 3.05) is 6.61 Å². The van der Waals surface area contributed by atoms with Crippen molar-refractivity contribution in [1.29, 1.82) is 0 Å². The van der Waals surface area contributed by atoms with Crippen molar-refractivity contribution in [1.82, 2.24) is 5.32 Å². The minimum Gasteiger partial charge on any atom is -0.469 e. The van der Waals surface area contributed by atoms with Crippen LogP contribution >= 0.6 is 0 Å². The molecule has 2 heterocycles. The van der Waals surface area contributed by atoms with Gasteiger partial charge in [-0.3, -0.25) is 4.79 Å². The van der Waals surface area contributed by atoms with Gasteiger partial charge in [0.15, 0.2) is 0 Å². The van der Waals surface area contributed by atoms with E-state index in [2.05, 4.69) is 5.32 Å². The molecule has 1 amide bonds. The van der Waals surface area contributed by atoms with E-state index < -0.39 is 0 Å². The molecule has 4 heteroatoms. The van der Waals surface area contributed by atoms with E-state index in [9.17, 15) is 4.79 Å². The number of carbonyl (C=O) groups is 1. The minimum absolute atomic E-state index is 0.00319. The summed E-state index contributed by atoms with van der Waals surface area (Å²) in [6, 6.07) is 3.83. The molecule has 0 unspecified atom stereocenters. The van der Waals surface area contributed by atoms with Gasteiger partial charge >= 0.3 is 0 Å². The second-order valence-electron chi connectivity index (χ2n) is 4.19. The van der Waals surface area contributed by atoms with E-state index in [4.69, 9.17) is 9.15 Å². The monoisotopic (exact) mass is 223 g/mol. The summed E-state index contributed by atoms with van der Waals surface area (Å²) in [4.78, 5) is 11.7. The quantitative estimate of drug-likeness (QED) is 0.841. The molecule has 1 aliphatic heterocycles. The number of rotatable bonds is 4. The summed E-state index contributed by atoms with van der Waals surface area (Å²) in [5.74, 6) is 0.886. The molecule has 0 bridgehead atoms. The molecule has 0 radical (unpaired) electrons. The molecule has 1 fully saturated rings. The van der Waals surface area contributed by atoms with Crippen molar-refractivity contribution in [3.05, 3.63) is 24.2 Å². The molecule has 2 atom stereocenters. The van der Waals surface area contributed by atoms with Crippen LogP contribution < -0.4 is 5.32 Å². The Hall–Kier alpha value is -1.29. The minimum atomic E-state index is -0.251. The number of ether oxygens (including phenoxy) is 1. The Morgan fingerprint density at radius 2 is 2.56 bits per heavy atom. The van der Waals surface area contributed by atoms with E-state index in [1.165, 1.54) is 0 Å². The molecule has 2 rings (SSSR count). The lowest BCUT2D eigenvalue weighted by Crippen LogP contribution is -2.40. The Bertz CT molecular complexity index is 328. The number of nitrogens with one attached hydrogen (secondary N) is 1. The zero-order valence-electron chi connectivity index (χ0n) is 9.44. The van der Waals surface area contributed by atoms with E-state index in [0.717, 1.165) is 18.6 Å². The van der Waals surface area contributed by atoms with E-state index in [1.807, 2.05) is 19.1 Å². The highest BCUT2D eigenvalue weighted by Gasteiger charge is 2.24. The maximum Gasteiger partial charge on any atom is 0.249 e. The third kappa shape index (κ3) is 2.85. The molecule has 1 aromatic rings. The van der Waals surface area contributed by atoms with Crippen molar-refractivity contribution >= 4 is 5.91 Å². The molecule has 88 valence electrons. The van der Waals surface area contributed by atoms with E-state index in [-0.39, 0.29) is 18.1 Å². The smallest absolute Gasteiger partial charge is 0.249 e. The van der Waals surface area contributed by atoms with Crippen molar-refractivity contribution in [2.45, 2.75) is 38.3 Å². The zero-order chi connectivity index (χ0) is 11.4. The fourth-order valence-corrected chi connectivity index (χ4v) is 1.90. The van der Waals surface area contributed by atoms with E-state index >= 15 is 0 Å². The largest absolute Gasteiger partial charge is 0.469 e. The standard InChI is InChI=1S/C12H17NO3/c1-9(8-10-4-2-6-15-10)13-12(14)11-5-3-7-16-11/h2,4,6,9,11H,3,5,7-8H2,1H3,(H,13,14)/t9-,11-/m0/s1. The Morgan fingerprint density at radius 3 is 3.19 bits per heavy atom. The van der Waals surface area contributed by atoms with Gasteiger partial charge in [-0.05, 0) is 31.9 Å². The molecule has 1 saturated heterocycles. The SMILES string of the molecule is C[C@@H](Cc1ccco1)NC(=O)[C@@H]1CCCO1. The molecule has 0 saturated carbocycles. The molecule has 4 nitrogen and oxygen atoms in total. The molecule has 0 spiro atoms. The van der Waals surface area contributed by atoms with Crippen LogP contribution in [0.15, 0.2) is 22.8 Å². The normalized spacial score (nSPS) is 21.9. The number of hydrogen-bond donors (Lipinski definition) is 1. The van der Waals surface area contributed by atoms with Gasteiger partial charge in [-0.25, -0.2) is 0 Å². The van der Waals surface area contributed by atoms with Crippen molar-refractivity contribution in [3.8, 4) is 0 Å². The second kappa shape index (κ2) is 5.16. The summed E-state index contributed by atoms with van der Waals surface area (Å²) < 4.78 is 10.5. The summed E-state index contributed by atoms with van der Waals surface area (Å²) in [6.45, 7) is 2.67. The van der Waals surface area contributed by atoms with Gasteiger partial charge in [0.25, 0.3) is 0 Å². The molecule has 1 aliphatic rings. The molecule has 0 aliphatic carbocycles. The van der Waals surface area contributed by atoms with Gasteiger partial charge in [-0.1, -0.05) is 0 Å². The van der Waals surface area contributed by atoms with Crippen LogP contribution in [0.3, 0.4) is 0 Å². The van der Waals surface area contributed by atoms with Crippen LogP contribution in [0.4, 0.5) is 0 Å². The van der Waals surface area contributed by atoms with Gasteiger partial charge < -0.3 is 14.5 Å². The van der Waals surface area contributed by atoms with Gasteiger partial charge in [0, 0.05) is 19.1 Å². The topological polar surface area (TPSA) is 51.5 Å². The second-order valence-corrected chi connectivity index (χ2v) is 4.19. The maximum atomic E-state index is 11.7. The molecular weight excluding hydrogens is 206 g/mol. The highest BCUT2D eigenvalue weighted by molar-refractivity contribution is 5.81. The first-order valence-corrected chi connectivity index (χ1v) is 5.70. The number of carbonyl (C=O) groups excluding carboxylic acids is 1. The van der Waals surface area contributed by atoms with Crippen molar-refractivity contribution < 1.29 is 13.9 Å². The fourth-order valence-electron chi connectivity index (χ4n) is 1.90. The van der Waals surface area contributed by atoms with Gasteiger partial charge in [0.2, 0.25) is 5.91 Å². The molecule has 1 aromatic heterocycles. The predicted octanol–water partition coefficient (Wildman–Crippen LogP) is 1.51. The lowest BCUT2D eigenvalue weighted by atomic mass is 10.1. The molecule has 16 heavy (non-hydrogen) atoms. The first-order chi connectivity index (χ1) is 7.75. The van der Waals surface area contributed by atoms with E-state index in [1.54, 1.807) is 6.26 Å². The van der Waals surface area contributed by atoms with Crippen LogP contribution in [-0.4, -0.2) is 24.7 Å². The number of hydrogen-bond acceptors (Lipinski definition) is 3. The van der Waals surface area contributed by atoms with Gasteiger partial charge in [0.1, 0.15) is 11.9 Å². The lowest BCUT2D eigenvalue weighted by molar-refractivity contribution is -0.130. The average molecular weight is 223 g/mol. The van der Waals surface area contributed by atoms with Gasteiger partial charge in [-0.15, -0.1) is 0 Å². The first kappa shape index (κ1) is 11.2. The summed E-state index contributed by atoms with van der Waals surface area (Å²) in [5.41, 5.74) is 0. The van der Waals surface area contributed by atoms with Crippen molar-refractivity contribution in [3.63, 3.8) is 0 Å². The van der Waals surface area contributed by atoms with Crippen LogP contribution in [0, 0.1) is 0 Å². The summed E-state index contributed by atoms with van der Waals surface area (Å²) in [7, 11) is 0. The van der Waals surface area contributed by atoms with Crippen LogP contribution in [0.2, 0.25) is 0 Å². The molecule has 0 aromatic carbocycles. The van der Waals surface area contributed by atoms with Crippen LogP contribution in [0.5, 0.6) is 0 Å². The highest BCUT2D eigenvalue weighted by Crippen LogP contribution is 2.12. The number of furan rings is 1. The average Bonchev–Trinajstić information content (AvgIpc) is 2.88. The van der Waals surface area contributed by atoms with Gasteiger partial charge in [-0.2, -0.15) is 0 Å². The lowest BCUT2D eigenvalue weighted by Gasteiger charge is -2.15. The number of amides is 1. The summed E-state index contributed by atoms with van der Waals surface area (Å²) in [5, 5.41) is 2.94. The zero-order valence-corrected chi connectivity index (χ0v) is 9.44. The Kier molecular flexibility index (Phi) is 3.62. The predicted molar refractivity (Wildman–Crippen MR) is 59.0 cm³/mol. The summed E-state index contributed by atoms with van der Waals surface area (Å²) >= 11 is 0. The third-order valence-electron chi connectivity index (χ3n) is 2.70. The van der Waals surface area contributed by atoms with Crippen LogP contribution in [0.25, 0.3) is 0 Å². The Morgan fingerprint density at radius 1 is 1.69 bits per heavy atom. The summed E-state index contributed by atoms with van der Waals surface area (Å²) in [6.07, 6.45) is 3.92. The van der Waals surface area contributed by atoms with Crippen molar-refractivity contribution in [2.24, 2.45) is 0 Å². The van der Waals surface area contributed by atoms with Crippen LogP contribution in [0.1, 0.15) is 25.5 Å². The highest BCUT2D eigenvalue weighted by atomic mass is 16.5. The third-order valence-corrected chi connectivity index (χ3v) is 2.70. The Balaban J connectivity index is 1.78. The van der Waals surface area contributed by atoms with Crippen LogP contribution in [-0.2, 0) is 16.0 Å². The fraction of sp³-hybridized carbons (Fsp3) is 0.583. The molecular formula is C12H17NO3. The van der Waals surface area contributed by atoms with Gasteiger partial charge in [0.05, 0.1) is 6.26 Å².